The number of aromatic nitrogens is 3. The Kier molecular flexibility index (Phi) is 38.1. The van der Waals surface area contributed by atoms with Crippen molar-refractivity contribution in [1.29, 1.82) is 0 Å². The molecule has 98 heavy (non-hydrogen) atoms. The number of aliphatic carboxylic acids is 1. The fourth-order valence-corrected chi connectivity index (χ4v) is 9.28. The van der Waals surface area contributed by atoms with Crippen LogP contribution in [0.5, 0.6) is 0 Å². The van der Waals surface area contributed by atoms with Crippen LogP contribution in [-0.4, -0.2) is 147 Å². The van der Waals surface area contributed by atoms with Crippen LogP contribution in [0.2, 0.25) is 10.0 Å². The lowest BCUT2D eigenvalue weighted by Gasteiger charge is -2.12. The molecule has 1 aliphatic heterocycles. The molecule has 0 bridgehead atoms. The van der Waals surface area contributed by atoms with E-state index in [0.29, 0.717) is 53.5 Å². The summed E-state index contributed by atoms with van der Waals surface area (Å²) in [6, 6.07) is 28.1. The van der Waals surface area contributed by atoms with E-state index in [2.05, 4.69) is 48.1 Å². The van der Waals surface area contributed by atoms with Gasteiger partial charge in [-0.15, -0.1) is 0 Å². The van der Waals surface area contributed by atoms with Gasteiger partial charge in [-0.1, -0.05) is 108 Å². The normalized spacial score (nSPS) is 12.5. The van der Waals surface area contributed by atoms with Crippen molar-refractivity contribution < 1.29 is 94.7 Å². The summed E-state index contributed by atoms with van der Waals surface area (Å²) in [5.74, 6) is 3.12. The first kappa shape index (κ1) is 83.9. The molecule has 0 aliphatic carbocycles. The number of amides is 9. The number of aliphatic hydroxyl groups is 2. The van der Waals surface area contributed by atoms with Crippen LogP contribution in [-0.2, 0) is 68.6 Å². The predicted octanol–water partition coefficient (Wildman–Crippen LogP) is 0.641. The van der Waals surface area contributed by atoms with Crippen molar-refractivity contribution in [3.63, 3.8) is 0 Å². The first-order valence-electron chi connectivity index (χ1n) is 27.7. The number of alkyl carbamates (subject to hydrolysis) is 1. The summed E-state index contributed by atoms with van der Waals surface area (Å²) in [5, 5.41) is 44.4. The van der Waals surface area contributed by atoms with E-state index in [4.69, 9.17) is 59.8 Å². The number of ether oxygens (including phenoxy) is 1. The van der Waals surface area contributed by atoms with Crippen molar-refractivity contribution in [2.75, 3.05) is 30.2 Å². The second kappa shape index (κ2) is 44.5. The largest absolute Gasteiger partial charge is 0.480 e. The number of anilines is 1. The average Bonchev–Trinajstić information content (AvgIpc) is 1.32. The highest BCUT2D eigenvalue weighted by Gasteiger charge is 2.35. The van der Waals surface area contributed by atoms with Crippen LogP contribution >= 0.6 is 35.0 Å². The number of thioether (sulfide) groups is 1. The molecule has 0 saturated carbocycles. The maximum absolute atomic E-state index is 12.5. The van der Waals surface area contributed by atoms with Crippen molar-refractivity contribution in [3.8, 4) is 0 Å². The Morgan fingerprint density at radius 2 is 1.44 bits per heavy atom. The Labute approximate surface area is 568 Å². The molecule has 1 aliphatic rings. The number of aliphatic hydroxyl groups excluding tert-OH is 2. The van der Waals surface area contributed by atoms with Gasteiger partial charge in [-0.25, -0.2) is 44.9 Å². The van der Waals surface area contributed by atoms with E-state index < -0.39 is 112 Å². The Balaban J connectivity index is 0.000000407. The van der Waals surface area contributed by atoms with Crippen LogP contribution in [0.3, 0.4) is 0 Å². The number of aromatic carboxylic acids is 1. The summed E-state index contributed by atoms with van der Waals surface area (Å²) in [4.78, 5) is 130. The molecule has 34 nitrogen and oxygen atoms in total. The van der Waals surface area contributed by atoms with Crippen LogP contribution in [0.4, 0.5) is 28.4 Å². The number of hydrogen-bond donors (Lipinski definition) is 18. The van der Waals surface area contributed by atoms with Gasteiger partial charge in [-0.3, -0.25) is 75.0 Å². The van der Waals surface area contributed by atoms with Gasteiger partial charge in [-0.2, -0.15) is 13.2 Å². The number of carbonyl (C=O) groups excluding carboxylic acids is 8. The van der Waals surface area contributed by atoms with Gasteiger partial charge in [0, 0.05) is 71.6 Å². The second-order valence-corrected chi connectivity index (χ2v) is 22.5. The van der Waals surface area contributed by atoms with Crippen LogP contribution < -0.4 is 76.4 Å². The Morgan fingerprint density at radius 3 is 1.99 bits per heavy atom. The topological polar surface area (TPSA) is 566 Å². The molecule has 4 aromatic carbocycles. The Bertz CT molecular complexity index is 3790. The molecule has 1 saturated heterocycles. The van der Waals surface area contributed by atoms with Gasteiger partial charge in [-0.05, 0) is 59.2 Å². The molecule has 9 amide bonds. The van der Waals surface area contributed by atoms with E-state index in [1.165, 1.54) is 11.8 Å². The fourth-order valence-electron chi connectivity index (χ4n) is 6.60. The minimum atomic E-state index is -4.61. The van der Waals surface area contributed by atoms with Gasteiger partial charge in [0.1, 0.15) is 24.8 Å². The maximum atomic E-state index is 12.5. The zero-order valence-electron chi connectivity index (χ0n) is 50.9. The summed E-state index contributed by atoms with van der Waals surface area (Å²) in [5.41, 5.74) is 19.9. The van der Waals surface area contributed by atoms with E-state index in [-0.39, 0.29) is 41.6 Å². The summed E-state index contributed by atoms with van der Waals surface area (Å²) >= 11 is 13.0. The summed E-state index contributed by atoms with van der Waals surface area (Å²) < 4.78 is 68.0. The highest BCUT2D eigenvalue weighted by molar-refractivity contribution is 7.98. The molecular weight excluding hydrogens is 1390 g/mol. The number of nitrogens with two attached hydrogens (primary N) is 4. The number of aromatic amines is 1. The number of carbonyl (C=O) groups is 10. The summed E-state index contributed by atoms with van der Waals surface area (Å²) in [6.45, 7) is 1.32. The third-order valence-electron chi connectivity index (χ3n) is 11.3. The van der Waals surface area contributed by atoms with Crippen LogP contribution in [0.25, 0.3) is 0 Å². The highest BCUT2D eigenvalue weighted by atomic mass is 35.5. The van der Waals surface area contributed by atoms with E-state index in [9.17, 15) is 74.3 Å². The highest BCUT2D eigenvalue weighted by Crippen LogP contribution is 2.31. The van der Waals surface area contributed by atoms with Crippen molar-refractivity contribution >= 4 is 110 Å². The van der Waals surface area contributed by atoms with Gasteiger partial charge in [0.2, 0.25) is 27.7 Å². The lowest BCUT2D eigenvalue weighted by atomic mass is 10.2. The van der Waals surface area contributed by atoms with Gasteiger partial charge in [0.25, 0.3) is 23.3 Å². The van der Waals surface area contributed by atoms with Gasteiger partial charge in [0.05, 0.1) is 30.8 Å². The number of rotatable bonds is 24. The molecule has 1 fully saturated rings. The monoisotopic (exact) mass is 1450 g/mol. The zero-order valence-corrected chi connectivity index (χ0v) is 54.1. The number of nitrogens with one attached hydrogen (secondary N) is 10. The number of H-pyrrole nitrogens is 1. The third kappa shape index (κ3) is 35.5. The minimum Gasteiger partial charge on any atom is -0.480 e. The van der Waals surface area contributed by atoms with Crippen molar-refractivity contribution in [2.24, 2.45) is 23.2 Å². The quantitative estimate of drug-likeness (QED) is 0.00752. The first-order valence-corrected chi connectivity index (χ1v) is 31.1. The number of hydrogen-bond acceptors (Lipinski definition) is 24. The number of benzene rings is 4. The average molecular weight is 1460 g/mol. The van der Waals surface area contributed by atoms with Crippen molar-refractivity contribution in [1.82, 2.24) is 57.9 Å². The summed E-state index contributed by atoms with van der Waals surface area (Å²) in [6.07, 6.45) is -4.42. The number of halogens is 5. The number of nitrogens with zero attached hydrogens (tertiary/aromatic N) is 2. The minimum absolute atomic E-state index is 0.00588. The molecule has 3 unspecified atom stereocenters. The maximum Gasteiger partial charge on any atom is 0.416 e. The van der Waals surface area contributed by atoms with E-state index in [1.54, 1.807) is 77.8 Å². The lowest BCUT2D eigenvalue weighted by Crippen LogP contribution is -2.42. The number of alkyl halides is 3. The molecule has 7 rings (SSSR count). The number of imide groups is 2. The fraction of sp³-hybridized carbons (Fsp3) is 0.246. The molecular formula is C57H67Cl2F3N16O18S2. The molecule has 2 aromatic heterocycles. The number of carboxylic acids is 2. The predicted molar refractivity (Wildman–Crippen MR) is 346 cm³/mol. The SMILES string of the molecule is NC(CC(=O)NC(=O)OCc1ccccc1)C(=O)O.NCCC(=O)NCc1ccccc1.NNC(=O)CC(O)C(=O)NN.O=C(NNCCO)c1ccncc1.O=C(O)c1cc(=O)[nH]c(SCc2ccc(Cl)cc2Cl)n1.O=C1NC(=O)C(CS(=O)(=O)Nc2cccc(C(F)(F)F)c2)N1. The van der Waals surface area contributed by atoms with Crippen LogP contribution in [0.1, 0.15) is 62.4 Å². The standard InChI is InChI=1S/C12H8Cl2N2O3S.C12H14N2O5.C11H10F3N3O4S.C10H14N2O.C8H11N3O2.C4H10N4O3/c13-7-2-1-6(8(14)3-7)5-20-12-15-9(11(18)19)4-10(17)16-12;13-9(11(16)17)6-10(15)14-12(18)19-7-8-4-2-1-3-5-8;12-11(13,14)6-2-1-3-7(4-6)17-22(20,21)5-8-9(18)16-10(19)15-8;11-7-6-10(13)12-8-9-4-2-1-3-5-9;12-6-5-10-11-8(13)7-1-3-9-4-2-7;5-7-3(10)1-2(9)4(11)8-6/h1-4H,5H2,(H,18,19)(H,15,16,17);1-5,9H,6-7,13H2,(H,16,17)(H,14,15,18);1-4,8,17H,5H2,(H2,15,16,18,19);1-5H,6-8,11H2,(H,12,13);1-4,10,12H,5-6H2,(H,11,13);2,9H,1,5-6H2,(H,7,10)(H,8,11). The number of urea groups is 1. The Hall–Kier alpha value is -10.2. The van der Waals surface area contributed by atoms with E-state index in [0.717, 1.165) is 41.0 Å². The van der Waals surface area contributed by atoms with Crippen molar-refractivity contribution in [2.45, 2.75) is 67.7 Å². The molecule has 530 valence electrons. The molecule has 0 radical (unpaired) electrons. The van der Waals surface area contributed by atoms with E-state index >= 15 is 0 Å². The Morgan fingerprint density at radius 1 is 0.796 bits per heavy atom. The zero-order chi connectivity index (χ0) is 73.4. The molecule has 41 heteroatoms. The van der Waals surface area contributed by atoms with Crippen LogP contribution in [0, 0.1) is 0 Å². The second-order valence-electron chi connectivity index (χ2n) is 18.9. The van der Waals surface area contributed by atoms with Gasteiger partial charge < -0.3 is 52.2 Å². The smallest absolute Gasteiger partial charge is 0.416 e. The number of carboxylic acid groups (broad SMARTS) is 2. The molecule has 6 aromatic rings. The van der Waals surface area contributed by atoms with Crippen LogP contribution in [0.15, 0.2) is 144 Å². The molecule has 3 atom stereocenters. The van der Waals surface area contributed by atoms with Gasteiger partial charge >= 0.3 is 30.2 Å². The summed E-state index contributed by atoms with van der Waals surface area (Å²) in [7, 11) is -4.13. The lowest BCUT2D eigenvalue weighted by molar-refractivity contribution is -0.140. The van der Waals surface area contributed by atoms with Gasteiger partial charge in [0.15, 0.2) is 10.9 Å². The van der Waals surface area contributed by atoms with E-state index in [1.807, 2.05) is 51.8 Å². The third-order valence-corrected chi connectivity index (χ3v) is 14.1. The molecule has 22 N–H and O–H groups in total. The number of pyridine rings is 1. The molecule has 3 heterocycles. The van der Waals surface area contributed by atoms with Crippen molar-refractivity contribution in [3.05, 3.63) is 188 Å². The molecule has 0 spiro atoms. The first-order chi connectivity index (χ1) is 46.3. The number of hydrazine groups is 3. The number of sulfonamides is 1.